The van der Waals surface area contributed by atoms with Crippen molar-refractivity contribution in [2.45, 2.75) is 23.9 Å². The topological polar surface area (TPSA) is 110 Å². The number of likely N-dealkylation sites (tertiary alicyclic amines) is 1. The van der Waals surface area contributed by atoms with Crippen molar-refractivity contribution in [2.75, 3.05) is 6.54 Å². The first-order chi connectivity index (χ1) is 12.4. The molecule has 0 unspecified atom stereocenters. The molecular weight excluding hydrogens is 354 g/mol. The number of nitrogens with one attached hydrogen (secondary N) is 1. The molecule has 3 N–H and O–H groups in total. The Morgan fingerprint density at radius 3 is 2.38 bits per heavy atom. The number of primary amides is 1. The number of hydrogen-bond donors (Lipinski definition) is 2. The van der Waals surface area contributed by atoms with Gasteiger partial charge in [-0.2, -0.15) is 4.72 Å². The predicted molar refractivity (Wildman–Crippen MR) is 95.5 cm³/mol. The van der Waals surface area contributed by atoms with Crippen LogP contribution in [0.5, 0.6) is 0 Å². The molecule has 2 aromatic rings. The molecule has 136 valence electrons. The van der Waals surface area contributed by atoms with Gasteiger partial charge in [0.15, 0.2) is 0 Å². The lowest BCUT2D eigenvalue weighted by Gasteiger charge is -2.17. The Morgan fingerprint density at radius 2 is 1.77 bits per heavy atom. The van der Waals surface area contributed by atoms with E-state index in [4.69, 9.17) is 5.73 Å². The molecule has 1 fully saturated rings. The van der Waals surface area contributed by atoms with E-state index in [1.54, 1.807) is 4.90 Å². The molecule has 0 aromatic heterocycles. The van der Waals surface area contributed by atoms with Crippen LogP contribution >= 0.6 is 0 Å². The van der Waals surface area contributed by atoms with Gasteiger partial charge in [0.1, 0.15) is 6.04 Å². The Hall–Kier alpha value is -2.71. The number of nitrogens with two attached hydrogens (primary N) is 1. The molecule has 0 aliphatic carbocycles. The van der Waals surface area contributed by atoms with Gasteiger partial charge < -0.3 is 10.6 Å². The molecule has 8 heteroatoms. The summed E-state index contributed by atoms with van der Waals surface area (Å²) in [7, 11) is -3.86. The molecule has 0 radical (unpaired) electrons. The molecule has 2 amide bonds. The minimum absolute atomic E-state index is 0.0168. The number of benzene rings is 2. The van der Waals surface area contributed by atoms with Gasteiger partial charge in [0.25, 0.3) is 0 Å². The van der Waals surface area contributed by atoms with Crippen LogP contribution in [0.2, 0.25) is 0 Å². The van der Waals surface area contributed by atoms with Gasteiger partial charge in [-0.1, -0.05) is 30.3 Å². The molecule has 0 saturated carbocycles. The van der Waals surface area contributed by atoms with Crippen molar-refractivity contribution in [1.29, 1.82) is 0 Å². The normalized spacial score (nSPS) is 17.5. The van der Waals surface area contributed by atoms with Gasteiger partial charge in [-0.15, -0.1) is 0 Å². The highest BCUT2D eigenvalue weighted by Crippen LogP contribution is 2.18. The molecule has 0 bridgehead atoms. The second kappa shape index (κ2) is 7.27. The van der Waals surface area contributed by atoms with Gasteiger partial charge >= 0.3 is 0 Å². The van der Waals surface area contributed by atoms with Gasteiger partial charge in [-0.25, -0.2) is 8.42 Å². The Kier molecular flexibility index (Phi) is 5.06. The zero-order valence-corrected chi connectivity index (χ0v) is 14.8. The van der Waals surface area contributed by atoms with E-state index < -0.39 is 22.0 Å². The van der Waals surface area contributed by atoms with Gasteiger partial charge in [-0.05, 0) is 36.2 Å². The second-order valence-corrected chi connectivity index (χ2v) is 7.81. The summed E-state index contributed by atoms with van der Waals surface area (Å²) in [6.07, 6.45) is 0.407. The van der Waals surface area contributed by atoms with Crippen LogP contribution in [-0.4, -0.2) is 37.7 Å². The number of sulfonamides is 1. The number of hydrogen-bond acceptors (Lipinski definition) is 4. The molecule has 26 heavy (non-hydrogen) atoms. The van der Waals surface area contributed by atoms with Crippen LogP contribution in [0.25, 0.3) is 0 Å². The highest BCUT2D eigenvalue weighted by atomic mass is 32.2. The van der Waals surface area contributed by atoms with E-state index in [9.17, 15) is 18.0 Å². The fraction of sp³-hybridized carbons (Fsp3) is 0.222. The molecule has 1 atom stereocenters. The zero-order valence-electron chi connectivity index (χ0n) is 14.0. The third-order valence-corrected chi connectivity index (χ3v) is 5.75. The van der Waals surface area contributed by atoms with Crippen LogP contribution < -0.4 is 10.5 Å². The Morgan fingerprint density at radius 1 is 1.12 bits per heavy atom. The smallest absolute Gasteiger partial charge is 0.248 e. The lowest BCUT2D eigenvalue weighted by atomic mass is 10.2. The van der Waals surface area contributed by atoms with E-state index in [1.165, 1.54) is 24.3 Å². The van der Waals surface area contributed by atoms with Crippen molar-refractivity contribution in [3.63, 3.8) is 0 Å². The van der Waals surface area contributed by atoms with E-state index in [0.29, 0.717) is 19.5 Å². The number of carbonyl (C=O) groups excluding carboxylic acids is 2. The molecule has 7 nitrogen and oxygen atoms in total. The summed E-state index contributed by atoms with van der Waals surface area (Å²) >= 11 is 0. The van der Waals surface area contributed by atoms with Gasteiger partial charge in [0.2, 0.25) is 21.8 Å². The number of nitrogens with zero attached hydrogens (tertiary/aromatic N) is 1. The van der Waals surface area contributed by atoms with Gasteiger partial charge in [-0.3, -0.25) is 9.59 Å². The van der Waals surface area contributed by atoms with Crippen molar-refractivity contribution in [2.24, 2.45) is 5.73 Å². The van der Waals surface area contributed by atoms with Crippen molar-refractivity contribution in [3.8, 4) is 0 Å². The monoisotopic (exact) mass is 373 g/mol. The largest absolute Gasteiger partial charge is 0.366 e. The summed E-state index contributed by atoms with van der Waals surface area (Å²) in [5.74, 6) is -0.879. The minimum atomic E-state index is -3.86. The lowest BCUT2D eigenvalue weighted by Crippen LogP contribution is -2.41. The predicted octanol–water partition coefficient (Wildman–Crippen LogP) is 0.865. The van der Waals surface area contributed by atoms with Crippen LogP contribution in [0, 0.1) is 0 Å². The van der Waals surface area contributed by atoms with E-state index in [0.717, 1.165) is 5.56 Å². The molecular formula is C18H19N3O4S. The quantitative estimate of drug-likeness (QED) is 0.783. The van der Waals surface area contributed by atoms with Crippen LogP contribution in [0.15, 0.2) is 59.5 Å². The average Bonchev–Trinajstić information content (AvgIpc) is 2.95. The van der Waals surface area contributed by atoms with Crippen molar-refractivity contribution < 1.29 is 18.0 Å². The summed E-state index contributed by atoms with van der Waals surface area (Å²) in [5.41, 5.74) is 6.36. The Bertz CT molecular complexity index is 911. The number of rotatable bonds is 6. The number of amides is 2. The first-order valence-electron chi connectivity index (χ1n) is 8.12. The first kappa shape index (κ1) is 18.1. The summed E-state index contributed by atoms with van der Waals surface area (Å²) in [6.45, 7) is 0.937. The van der Waals surface area contributed by atoms with Crippen LogP contribution in [0.1, 0.15) is 22.3 Å². The fourth-order valence-electron chi connectivity index (χ4n) is 2.86. The fourth-order valence-corrected chi connectivity index (χ4v) is 4.09. The zero-order chi connectivity index (χ0) is 18.7. The molecule has 2 aromatic carbocycles. The highest BCUT2D eigenvalue weighted by Gasteiger charge is 2.34. The van der Waals surface area contributed by atoms with Crippen molar-refractivity contribution >= 4 is 21.8 Å². The van der Waals surface area contributed by atoms with Crippen LogP contribution in [-0.2, 0) is 21.4 Å². The minimum Gasteiger partial charge on any atom is -0.366 e. The summed E-state index contributed by atoms with van der Waals surface area (Å²) in [5, 5.41) is 0. The first-order valence-corrected chi connectivity index (χ1v) is 9.60. The Labute approximate surface area is 151 Å². The molecule has 1 aliphatic rings. The molecule has 1 aliphatic heterocycles. The maximum absolute atomic E-state index is 12.5. The van der Waals surface area contributed by atoms with E-state index in [1.807, 2.05) is 30.3 Å². The van der Waals surface area contributed by atoms with Crippen LogP contribution in [0.3, 0.4) is 0 Å². The summed E-state index contributed by atoms with van der Waals surface area (Å²) in [6, 6.07) is 14.0. The van der Waals surface area contributed by atoms with Crippen molar-refractivity contribution in [1.82, 2.24) is 9.62 Å². The number of carbonyl (C=O) groups is 2. The highest BCUT2D eigenvalue weighted by molar-refractivity contribution is 7.89. The van der Waals surface area contributed by atoms with Crippen molar-refractivity contribution in [3.05, 3.63) is 65.7 Å². The van der Waals surface area contributed by atoms with E-state index >= 15 is 0 Å². The summed E-state index contributed by atoms with van der Waals surface area (Å²) in [4.78, 5) is 25.2. The third kappa shape index (κ3) is 3.92. The molecule has 1 heterocycles. The van der Waals surface area contributed by atoms with Crippen LogP contribution in [0.4, 0.5) is 0 Å². The molecule has 1 saturated heterocycles. The van der Waals surface area contributed by atoms with E-state index in [2.05, 4.69) is 4.72 Å². The molecule has 3 rings (SSSR count). The maximum Gasteiger partial charge on any atom is 0.248 e. The lowest BCUT2D eigenvalue weighted by molar-refractivity contribution is -0.129. The molecule has 0 spiro atoms. The second-order valence-electron chi connectivity index (χ2n) is 6.10. The van der Waals surface area contributed by atoms with Gasteiger partial charge in [0.05, 0.1) is 4.90 Å². The SMILES string of the molecule is NC(=O)c1ccc(S(=O)(=O)N[C@@H]2CCN(Cc3ccccc3)C2=O)cc1. The van der Waals surface area contributed by atoms with E-state index in [-0.39, 0.29) is 16.4 Å². The third-order valence-electron chi connectivity index (χ3n) is 4.26. The standard InChI is InChI=1S/C18H19N3O4S/c19-17(22)14-6-8-15(9-7-14)26(24,25)20-16-10-11-21(18(16)23)12-13-4-2-1-3-5-13/h1-9,16,20H,10-12H2,(H2,19,22)/t16-/m1/s1. The van der Waals surface area contributed by atoms with Gasteiger partial charge in [0, 0.05) is 18.7 Å². The Balaban J connectivity index is 1.68. The summed E-state index contributed by atoms with van der Waals surface area (Å²) < 4.78 is 27.4. The maximum atomic E-state index is 12.5. The average molecular weight is 373 g/mol.